The van der Waals surface area contributed by atoms with Gasteiger partial charge in [0.1, 0.15) is 11.6 Å². The molecule has 0 saturated carbocycles. The predicted molar refractivity (Wildman–Crippen MR) is 65.6 cm³/mol. The van der Waals surface area contributed by atoms with Crippen molar-refractivity contribution in [3.8, 4) is 16.9 Å². The Labute approximate surface area is 98.8 Å². The fourth-order valence-corrected chi connectivity index (χ4v) is 1.64. The molecule has 0 fully saturated rings. The van der Waals surface area contributed by atoms with Gasteiger partial charge in [0, 0.05) is 22.3 Å². The van der Waals surface area contributed by atoms with Crippen LogP contribution in [0.15, 0.2) is 36.5 Å². The molecule has 0 aliphatic carbocycles. The number of aromatic nitrogens is 1. The van der Waals surface area contributed by atoms with Crippen molar-refractivity contribution in [3.63, 3.8) is 0 Å². The van der Waals surface area contributed by atoms with Gasteiger partial charge in [0.15, 0.2) is 0 Å². The highest BCUT2D eigenvalue weighted by Gasteiger charge is 2.06. The van der Waals surface area contributed by atoms with Crippen molar-refractivity contribution in [2.45, 2.75) is 0 Å². The van der Waals surface area contributed by atoms with Gasteiger partial charge in [-0.25, -0.2) is 4.98 Å². The summed E-state index contributed by atoms with van der Waals surface area (Å²) in [4.78, 5) is 4.04. The van der Waals surface area contributed by atoms with Gasteiger partial charge in [0.2, 0.25) is 0 Å². The molecular weight excluding hydrogens is 224 g/mol. The van der Waals surface area contributed by atoms with Crippen molar-refractivity contribution in [1.29, 1.82) is 0 Å². The second-order valence-corrected chi connectivity index (χ2v) is 3.75. The first-order valence-electron chi connectivity index (χ1n) is 4.76. The molecule has 4 heteroatoms. The standard InChI is InChI=1S/C12H11ClN2O/c1-16-11-4-3-9(13)6-10(11)8-2-5-12(14)15-7-8/h2-7H,1H3,(H2,14,15). The van der Waals surface area contributed by atoms with Crippen LogP contribution in [-0.2, 0) is 0 Å². The molecule has 0 aliphatic rings. The third-order valence-electron chi connectivity index (χ3n) is 2.26. The third-order valence-corrected chi connectivity index (χ3v) is 2.49. The van der Waals surface area contributed by atoms with Crippen LogP contribution in [0.2, 0.25) is 5.02 Å². The van der Waals surface area contributed by atoms with Crippen LogP contribution >= 0.6 is 11.6 Å². The number of nitrogen functional groups attached to an aromatic ring is 1. The lowest BCUT2D eigenvalue weighted by Gasteiger charge is -2.08. The summed E-state index contributed by atoms with van der Waals surface area (Å²) in [5.74, 6) is 1.25. The van der Waals surface area contributed by atoms with E-state index in [1.54, 1.807) is 25.4 Å². The summed E-state index contributed by atoms with van der Waals surface area (Å²) < 4.78 is 5.27. The van der Waals surface area contributed by atoms with Crippen LogP contribution in [0.5, 0.6) is 5.75 Å². The molecule has 0 saturated heterocycles. The monoisotopic (exact) mass is 234 g/mol. The van der Waals surface area contributed by atoms with Crippen LogP contribution in [0.3, 0.4) is 0 Å². The first kappa shape index (κ1) is 10.8. The Morgan fingerprint density at radius 2 is 2.06 bits per heavy atom. The fourth-order valence-electron chi connectivity index (χ4n) is 1.47. The van der Waals surface area contributed by atoms with Crippen LogP contribution in [0.4, 0.5) is 5.82 Å². The molecule has 82 valence electrons. The van der Waals surface area contributed by atoms with Crippen molar-refractivity contribution in [3.05, 3.63) is 41.6 Å². The smallest absolute Gasteiger partial charge is 0.126 e. The first-order valence-corrected chi connectivity index (χ1v) is 5.14. The van der Waals surface area contributed by atoms with Gasteiger partial charge in [0.05, 0.1) is 7.11 Å². The highest BCUT2D eigenvalue weighted by atomic mass is 35.5. The number of benzene rings is 1. The molecule has 0 radical (unpaired) electrons. The predicted octanol–water partition coefficient (Wildman–Crippen LogP) is 2.99. The molecular formula is C12H11ClN2O. The van der Waals surface area contributed by atoms with Crippen molar-refractivity contribution in [2.75, 3.05) is 12.8 Å². The molecule has 1 aromatic carbocycles. The maximum atomic E-state index is 5.95. The van der Waals surface area contributed by atoms with E-state index in [1.807, 2.05) is 18.2 Å². The quantitative estimate of drug-likeness (QED) is 0.869. The Morgan fingerprint density at radius 1 is 1.25 bits per heavy atom. The summed E-state index contributed by atoms with van der Waals surface area (Å²) in [6.07, 6.45) is 1.70. The number of halogens is 1. The Morgan fingerprint density at radius 3 is 2.69 bits per heavy atom. The molecule has 0 aliphatic heterocycles. The molecule has 2 rings (SSSR count). The molecule has 0 atom stereocenters. The average molecular weight is 235 g/mol. The summed E-state index contributed by atoms with van der Waals surface area (Å²) in [6, 6.07) is 9.09. The van der Waals surface area contributed by atoms with E-state index in [0.29, 0.717) is 10.8 Å². The SMILES string of the molecule is COc1ccc(Cl)cc1-c1ccc(N)nc1. The van der Waals surface area contributed by atoms with E-state index in [0.717, 1.165) is 16.9 Å². The van der Waals surface area contributed by atoms with Gasteiger partial charge in [-0.2, -0.15) is 0 Å². The zero-order valence-electron chi connectivity index (χ0n) is 8.77. The topological polar surface area (TPSA) is 48.1 Å². The zero-order chi connectivity index (χ0) is 11.5. The van der Waals surface area contributed by atoms with Gasteiger partial charge in [-0.15, -0.1) is 0 Å². The molecule has 16 heavy (non-hydrogen) atoms. The van der Waals surface area contributed by atoms with Crippen LogP contribution in [-0.4, -0.2) is 12.1 Å². The summed E-state index contributed by atoms with van der Waals surface area (Å²) in [5, 5.41) is 0.660. The van der Waals surface area contributed by atoms with Crippen LogP contribution in [0.1, 0.15) is 0 Å². The normalized spacial score (nSPS) is 10.1. The minimum absolute atomic E-state index is 0.491. The molecule has 1 aromatic heterocycles. The van der Waals surface area contributed by atoms with Gasteiger partial charge in [-0.05, 0) is 30.3 Å². The molecule has 2 aromatic rings. The summed E-state index contributed by atoms with van der Waals surface area (Å²) in [6.45, 7) is 0. The Kier molecular flexibility index (Phi) is 2.97. The fraction of sp³-hybridized carbons (Fsp3) is 0.0833. The van der Waals surface area contributed by atoms with Crippen molar-refractivity contribution >= 4 is 17.4 Å². The summed E-state index contributed by atoms with van der Waals surface area (Å²) in [5.41, 5.74) is 7.37. The van der Waals surface area contributed by atoms with E-state index < -0.39 is 0 Å². The largest absolute Gasteiger partial charge is 0.496 e. The number of methoxy groups -OCH3 is 1. The lowest BCUT2D eigenvalue weighted by molar-refractivity contribution is 0.416. The number of nitrogens with zero attached hydrogens (tertiary/aromatic N) is 1. The van der Waals surface area contributed by atoms with E-state index in [1.165, 1.54) is 0 Å². The Hall–Kier alpha value is -1.74. The van der Waals surface area contributed by atoms with Crippen LogP contribution < -0.4 is 10.5 Å². The second kappa shape index (κ2) is 4.41. The number of hydrogen-bond acceptors (Lipinski definition) is 3. The van der Waals surface area contributed by atoms with Crippen LogP contribution in [0, 0.1) is 0 Å². The van der Waals surface area contributed by atoms with E-state index in [4.69, 9.17) is 22.1 Å². The van der Waals surface area contributed by atoms with Crippen molar-refractivity contribution in [2.24, 2.45) is 0 Å². The van der Waals surface area contributed by atoms with Gasteiger partial charge >= 0.3 is 0 Å². The van der Waals surface area contributed by atoms with E-state index in [2.05, 4.69) is 4.98 Å². The highest BCUT2D eigenvalue weighted by Crippen LogP contribution is 2.32. The average Bonchev–Trinajstić information content (AvgIpc) is 2.30. The molecule has 1 heterocycles. The van der Waals surface area contributed by atoms with E-state index >= 15 is 0 Å². The minimum atomic E-state index is 0.491. The van der Waals surface area contributed by atoms with Crippen molar-refractivity contribution in [1.82, 2.24) is 4.98 Å². The summed E-state index contributed by atoms with van der Waals surface area (Å²) >= 11 is 5.95. The lowest BCUT2D eigenvalue weighted by Crippen LogP contribution is -1.91. The van der Waals surface area contributed by atoms with Gasteiger partial charge in [0.25, 0.3) is 0 Å². The number of ether oxygens (including phenoxy) is 1. The number of hydrogen-bond donors (Lipinski definition) is 1. The summed E-state index contributed by atoms with van der Waals surface area (Å²) in [7, 11) is 1.62. The number of anilines is 1. The Bertz CT molecular complexity index is 497. The van der Waals surface area contributed by atoms with Crippen LogP contribution in [0.25, 0.3) is 11.1 Å². The first-order chi connectivity index (χ1) is 7.70. The maximum absolute atomic E-state index is 5.95. The molecule has 0 bridgehead atoms. The van der Waals surface area contributed by atoms with Crippen molar-refractivity contribution < 1.29 is 4.74 Å². The molecule has 0 amide bonds. The second-order valence-electron chi connectivity index (χ2n) is 3.32. The molecule has 0 spiro atoms. The lowest BCUT2D eigenvalue weighted by atomic mass is 10.1. The van der Waals surface area contributed by atoms with Gasteiger partial charge in [-0.1, -0.05) is 11.6 Å². The van der Waals surface area contributed by atoms with E-state index in [-0.39, 0.29) is 0 Å². The number of rotatable bonds is 2. The number of nitrogens with two attached hydrogens (primary N) is 1. The minimum Gasteiger partial charge on any atom is -0.496 e. The highest BCUT2D eigenvalue weighted by molar-refractivity contribution is 6.31. The number of pyridine rings is 1. The zero-order valence-corrected chi connectivity index (χ0v) is 9.53. The molecule has 0 unspecified atom stereocenters. The maximum Gasteiger partial charge on any atom is 0.126 e. The third kappa shape index (κ3) is 2.09. The molecule has 2 N–H and O–H groups in total. The van der Waals surface area contributed by atoms with Gasteiger partial charge < -0.3 is 10.5 Å². The Balaban J connectivity index is 2.53. The van der Waals surface area contributed by atoms with Gasteiger partial charge in [-0.3, -0.25) is 0 Å². The van der Waals surface area contributed by atoms with E-state index in [9.17, 15) is 0 Å². The molecule has 3 nitrogen and oxygen atoms in total.